The first kappa shape index (κ1) is 18.4. The minimum absolute atomic E-state index is 0.140. The molecule has 0 aromatic carbocycles. The summed E-state index contributed by atoms with van der Waals surface area (Å²) in [4.78, 5) is 35.8. The smallest absolute Gasteiger partial charge is 0.374 e. The van der Waals surface area contributed by atoms with Gasteiger partial charge in [-0.05, 0) is 20.7 Å². The second-order valence-electron chi connectivity index (χ2n) is 4.96. The van der Waals surface area contributed by atoms with Gasteiger partial charge in [0.15, 0.2) is 0 Å². The topological polar surface area (TPSA) is 140 Å². The zero-order chi connectivity index (χ0) is 16.9. The first-order valence-electron chi connectivity index (χ1n) is 7.16. The van der Waals surface area contributed by atoms with E-state index in [9.17, 15) is 19.4 Å². The van der Waals surface area contributed by atoms with Gasteiger partial charge < -0.3 is 19.7 Å². The van der Waals surface area contributed by atoms with Gasteiger partial charge in [0.05, 0.1) is 25.0 Å². The number of esters is 2. The minimum Gasteiger partial charge on any atom is -0.466 e. The molecule has 22 heavy (non-hydrogen) atoms. The third kappa shape index (κ3) is 4.18. The number of hydrogen-bond acceptors (Lipinski definition) is 8. The maximum Gasteiger partial charge on any atom is 0.374 e. The summed E-state index contributed by atoms with van der Waals surface area (Å²) in [5, 5.41) is 12.1. The lowest BCUT2D eigenvalue weighted by atomic mass is 9.86. The van der Waals surface area contributed by atoms with E-state index in [0.717, 1.165) is 0 Å². The molecule has 5 N–H and O–H groups in total. The van der Waals surface area contributed by atoms with Crippen LogP contribution in [0.3, 0.4) is 0 Å². The van der Waals surface area contributed by atoms with Gasteiger partial charge in [-0.1, -0.05) is 0 Å². The van der Waals surface area contributed by atoms with E-state index in [1.54, 1.807) is 13.8 Å². The van der Waals surface area contributed by atoms with Gasteiger partial charge in [-0.15, -0.1) is 0 Å². The molecule has 0 spiro atoms. The van der Waals surface area contributed by atoms with Crippen LogP contribution in [-0.2, 0) is 23.9 Å². The van der Waals surface area contributed by atoms with Crippen molar-refractivity contribution < 1.29 is 28.9 Å². The van der Waals surface area contributed by atoms with Crippen LogP contribution in [0.1, 0.15) is 13.8 Å². The molecule has 1 rings (SSSR count). The molecular weight excluding hydrogens is 293 g/mol. The van der Waals surface area contributed by atoms with Crippen molar-refractivity contribution in [2.24, 2.45) is 23.6 Å². The Bertz CT molecular complexity index is 433. The van der Waals surface area contributed by atoms with Crippen LogP contribution < -0.4 is 16.5 Å². The lowest BCUT2D eigenvalue weighted by molar-refractivity contribution is -0.147. The highest BCUT2D eigenvalue weighted by atomic mass is 16.5. The molecule has 1 aliphatic rings. The van der Waals surface area contributed by atoms with Gasteiger partial charge >= 0.3 is 19.0 Å². The van der Waals surface area contributed by atoms with Crippen LogP contribution >= 0.6 is 0 Å². The zero-order valence-corrected chi connectivity index (χ0v) is 12.9. The molecule has 124 valence electrons. The van der Waals surface area contributed by atoms with Crippen LogP contribution in [0.15, 0.2) is 0 Å². The van der Waals surface area contributed by atoms with E-state index in [4.69, 9.17) is 15.3 Å². The Morgan fingerprint density at radius 3 is 2.27 bits per heavy atom. The molecule has 1 amide bonds. The third-order valence-electron chi connectivity index (χ3n) is 3.43. The van der Waals surface area contributed by atoms with Gasteiger partial charge in [-0.2, -0.15) is 0 Å². The quantitative estimate of drug-likeness (QED) is 0.133. The summed E-state index contributed by atoms with van der Waals surface area (Å²) in [5.74, 6) is 1.03. The molecular formula is C12H22BN3O6. The summed E-state index contributed by atoms with van der Waals surface area (Å²) in [6.45, 7) is 5.00. The van der Waals surface area contributed by atoms with Gasteiger partial charge in [0, 0.05) is 5.92 Å². The normalized spacial score (nSPS) is 24.1. The molecule has 0 saturated heterocycles. The summed E-state index contributed by atoms with van der Waals surface area (Å²) in [7, 11) is -1.01. The Morgan fingerprint density at radius 2 is 1.82 bits per heavy atom. The molecule has 4 atom stereocenters. The van der Waals surface area contributed by atoms with Crippen molar-refractivity contribution in [2.75, 3.05) is 13.2 Å². The Labute approximate surface area is 129 Å². The summed E-state index contributed by atoms with van der Waals surface area (Å²) < 4.78 is 9.84. The van der Waals surface area contributed by atoms with Crippen LogP contribution in [-0.4, -0.2) is 49.2 Å². The second-order valence-corrected chi connectivity index (χ2v) is 4.96. The van der Waals surface area contributed by atoms with Crippen LogP contribution in [0.2, 0.25) is 6.82 Å². The summed E-state index contributed by atoms with van der Waals surface area (Å²) in [6, 6.07) is -1.00. The molecule has 1 saturated carbocycles. The van der Waals surface area contributed by atoms with E-state index in [1.807, 2.05) is 5.43 Å². The van der Waals surface area contributed by atoms with Crippen molar-refractivity contribution in [3.8, 4) is 0 Å². The molecule has 0 aliphatic heterocycles. The lowest BCUT2D eigenvalue weighted by Gasteiger charge is -2.18. The maximum atomic E-state index is 12.0. The predicted octanol–water partition coefficient (Wildman–Crippen LogP) is -1.97. The van der Waals surface area contributed by atoms with E-state index in [-0.39, 0.29) is 13.2 Å². The zero-order valence-electron chi connectivity index (χ0n) is 12.9. The molecule has 0 bridgehead atoms. The third-order valence-corrected chi connectivity index (χ3v) is 3.43. The Morgan fingerprint density at radius 1 is 1.23 bits per heavy atom. The number of nitrogens with one attached hydrogen (secondary N) is 2. The number of amides is 1. The fourth-order valence-corrected chi connectivity index (χ4v) is 2.55. The van der Waals surface area contributed by atoms with Crippen LogP contribution in [0.5, 0.6) is 0 Å². The number of hydrazine groups is 1. The van der Waals surface area contributed by atoms with E-state index >= 15 is 0 Å². The fourth-order valence-electron chi connectivity index (χ4n) is 2.55. The van der Waals surface area contributed by atoms with Gasteiger partial charge in [0.1, 0.15) is 6.04 Å². The molecule has 0 aromatic rings. The van der Waals surface area contributed by atoms with Crippen LogP contribution in [0.25, 0.3) is 0 Å². The number of rotatable bonds is 8. The average molecular weight is 315 g/mol. The first-order chi connectivity index (χ1) is 10.4. The number of hydrogen-bond donors (Lipinski definition) is 4. The van der Waals surface area contributed by atoms with E-state index in [1.165, 1.54) is 6.82 Å². The molecule has 1 aliphatic carbocycles. The van der Waals surface area contributed by atoms with Gasteiger partial charge in [0.25, 0.3) is 0 Å². The summed E-state index contributed by atoms with van der Waals surface area (Å²) >= 11 is 0. The van der Waals surface area contributed by atoms with Gasteiger partial charge in [-0.3, -0.25) is 19.8 Å². The summed E-state index contributed by atoms with van der Waals surface area (Å²) in [6.07, 6.45) is 0. The lowest BCUT2D eigenvalue weighted by Crippen LogP contribution is -2.48. The highest BCUT2D eigenvalue weighted by molar-refractivity contribution is 6.46. The molecule has 0 unspecified atom stereocenters. The number of carbonyl (C=O) groups excluding carboxylic acids is 3. The monoisotopic (exact) mass is 315 g/mol. The van der Waals surface area contributed by atoms with E-state index < -0.39 is 48.7 Å². The Kier molecular flexibility index (Phi) is 6.78. The molecule has 0 heterocycles. The van der Waals surface area contributed by atoms with Crippen molar-refractivity contribution in [1.82, 2.24) is 10.7 Å². The van der Waals surface area contributed by atoms with Crippen molar-refractivity contribution in [3.63, 3.8) is 0 Å². The van der Waals surface area contributed by atoms with Gasteiger partial charge in [0.2, 0.25) is 5.91 Å². The minimum atomic E-state index is -1.01. The van der Waals surface area contributed by atoms with Crippen LogP contribution in [0.4, 0.5) is 0 Å². The van der Waals surface area contributed by atoms with Crippen molar-refractivity contribution in [3.05, 3.63) is 0 Å². The van der Waals surface area contributed by atoms with Crippen molar-refractivity contribution in [1.29, 1.82) is 0 Å². The van der Waals surface area contributed by atoms with Crippen molar-refractivity contribution in [2.45, 2.75) is 26.7 Å². The molecule has 0 aromatic heterocycles. The number of carbonyl (C=O) groups is 3. The summed E-state index contributed by atoms with van der Waals surface area (Å²) in [5.41, 5.74) is 1.97. The van der Waals surface area contributed by atoms with Crippen molar-refractivity contribution >= 4 is 24.9 Å². The highest BCUT2D eigenvalue weighted by Gasteiger charge is 2.64. The standard InChI is InChI=1S/C12H22BN3O6/c1-4-21-11(18)8-6(7(8)10(17)16-14)9(15-13(3)20)12(19)22-5-2/h6-9,15,20H,4-5,14H2,1-3H3,(H,16,17)/t6-,7+,8+,9-/m0/s1. The van der Waals surface area contributed by atoms with Gasteiger partial charge in [-0.25, -0.2) is 5.84 Å². The maximum absolute atomic E-state index is 12.0. The molecule has 10 heteroatoms. The largest absolute Gasteiger partial charge is 0.466 e. The SMILES string of the molecule is CCOC(=O)[C@H]1[C@H](C(=O)NN)[C@@H]1[C@H](NB(C)O)C(=O)OCC. The van der Waals surface area contributed by atoms with E-state index in [0.29, 0.717) is 0 Å². The number of nitrogens with two attached hydrogens (primary N) is 1. The molecule has 1 fully saturated rings. The first-order valence-corrected chi connectivity index (χ1v) is 7.16. The predicted molar refractivity (Wildman–Crippen MR) is 76.8 cm³/mol. The van der Waals surface area contributed by atoms with Crippen LogP contribution in [0, 0.1) is 17.8 Å². The fraction of sp³-hybridized carbons (Fsp3) is 0.750. The Balaban J connectivity index is 2.96. The highest BCUT2D eigenvalue weighted by Crippen LogP contribution is 2.49. The Hall–Kier alpha value is -1.65. The second kappa shape index (κ2) is 8.11. The number of ether oxygens (including phenoxy) is 2. The molecule has 9 nitrogen and oxygen atoms in total. The average Bonchev–Trinajstić information content (AvgIpc) is 3.19. The molecule has 0 radical (unpaired) electrons. The van der Waals surface area contributed by atoms with E-state index in [2.05, 4.69) is 5.23 Å².